The summed E-state index contributed by atoms with van der Waals surface area (Å²) in [7, 11) is 1.55. The molecule has 1 fully saturated rings. The van der Waals surface area contributed by atoms with E-state index in [1.165, 1.54) is 4.57 Å². The summed E-state index contributed by atoms with van der Waals surface area (Å²) >= 11 is 0. The zero-order valence-corrected chi connectivity index (χ0v) is 11.3. The third-order valence-corrected chi connectivity index (χ3v) is 3.77. The van der Waals surface area contributed by atoms with Gasteiger partial charge in [0.25, 0.3) is 5.56 Å². The van der Waals surface area contributed by atoms with Crippen molar-refractivity contribution in [3.8, 4) is 5.75 Å². The molecule has 3 rings (SSSR count). The van der Waals surface area contributed by atoms with Crippen molar-refractivity contribution in [3.63, 3.8) is 0 Å². The van der Waals surface area contributed by atoms with Gasteiger partial charge in [0.1, 0.15) is 5.75 Å². The molecule has 1 unspecified atom stereocenters. The fourth-order valence-electron chi connectivity index (χ4n) is 2.72. The number of nitrogens with one attached hydrogen (secondary N) is 2. The number of fused-ring (bicyclic) bond motifs is 1. The molecule has 1 aliphatic rings. The number of H-pyrrole nitrogens is 1. The maximum Gasteiger partial charge on any atom is 0.329 e. The van der Waals surface area contributed by atoms with Gasteiger partial charge in [0.15, 0.2) is 0 Å². The Morgan fingerprint density at radius 2 is 2.20 bits per heavy atom. The van der Waals surface area contributed by atoms with Gasteiger partial charge in [0, 0.05) is 12.6 Å². The summed E-state index contributed by atoms with van der Waals surface area (Å²) in [6, 6.07) is 5.01. The summed E-state index contributed by atoms with van der Waals surface area (Å²) in [6.07, 6.45) is 1.81. The summed E-state index contributed by atoms with van der Waals surface area (Å²) in [4.78, 5) is 27.5. The molecule has 1 saturated heterocycles. The van der Waals surface area contributed by atoms with Gasteiger partial charge in [-0.2, -0.15) is 0 Å². The number of piperidine rings is 1. The number of benzene rings is 1. The molecule has 1 aromatic heterocycles. The van der Waals surface area contributed by atoms with Crippen LogP contribution in [0.3, 0.4) is 0 Å². The highest BCUT2D eigenvalue weighted by Gasteiger charge is 2.19. The van der Waals surface area contributed by atoms with Crippen LogP contribution < -0.4 is 21.3 Å². The first-order valence-corrected chi connectivity index (χ1v) is 6.74. The Bertz CT molecular complexity index is 741. The first kappa shape index (κ1) is 12.9. The Balaban J connectivity index is 2.19. The van der Waals surface area contributed by atoms with E-state index in [0.29, 0.717) is 23.2 Å². The van der Waals surface area contributed by atoms with Crippen LogP contribution in [0.2, 0.25) is 0 Å². The molecular weight excluding hydrogens is 258 g/mol. The van der Waals surface area contributed by atoms with Gasteiger partial charge in [-0.15, -0.1) is 0 Å². The third kappa shape index (κ3) is 2.12. The Kier molecular flexibility index (Phi) is 3.31. The summed E-state index contributed by atoms with van der Waals surface area (Å²) in [5.41, 5.74) is -0.0797. The van der Waals surface area contributed by atoms with Gasteiger partial charge in [-0.3, -0.25) is 9.36 Å². The minimum Gasteiger partial charge on any atom is -0.497 e. The summed E-state index contributed by atoms with van der Waals surface area (Å²) in [6.45, 7) is 1.60. The molecule has 1 atom stereocenters. The minimum absolute atomic E-state index is 0.0773. The molecule has 20 heavy (non-hydrogen) atoms. The monoisotopic (exact) mass is 275 g/mol. The molecule has 6 heteroatoms. The Hall–Kier alpha value is -2.08. The number of rotatable bonds is 2. The maximum absolute atomic E-state index is 12.5. The molecule has 0 amide bonds. The summed E-state index contributed by atoms with van der Waals surface area (Å²) < 4.78 is 6.44. The predicted molar refractivity (Wildman–Crippen MR) is 76.5 cm³/mol. The van der Waals surface area contributed by atoms with Crippen molar-refractivity contribution in [1.29, 1.82) is 0 Å². The summed E-state index contributed by atoms with van der Waals surface area (Å²) in [5.74, 6) is 0.615. The van der Waals surface area contributed by atoms with E-state index in [9.17, 15) is 9.59 Å². The van der Waals surface area contributed by atoms with Crippen LogP contribution in [-0.2, 0) is 0 Å². The quantitative estimate of drug-likeness (QED) is 0.842. The van der Waals surface area contributed by atoms with Gasteiger partial charge in [0.2, 0.25) is 0 Å². The molecule has 106 valence electrons. The fourth-order valence-corrected chi connectivity index (χ4v) is 2.72. The fraction of sp³-hybridized carbons (Fsp3) is 0.429. The third-order valence-electron chi connectivity index (χ3n) is 3.77. The number of aromatic amines is 1. The zero-order valence-electron chi connectivity index (χ0n) is 11.3. The van der Waals surface area contributed by atoms with Crippen molar-refractivity contribution in [2.24, 2.45) is 0 Å². The Morgan fingerprint density at radius 1 is 1.35 bits per heavy atom. The van der Waals surface area contributed by atoms with Crippen molar-refractivity contribution in [3.05, 3.63) is 39.0 Å². The van der Waals surface area contributed by atoms with Crippen LogP contribution in [0.4, 0.5) is 0 Å². The lowest BCUT2D eigenvalue weighted by molar-refractivity contribution is 0.355. The highest BCUT2D eigenvalue weighted by atomic mass is 16.5. The van der Waals surface area contributed by atoms with Crippen LogP contribution in [0.15, 0.2) is 27.8 Å². The lowest BCUT2D eigenvalue weighted by Crippen LogP contribution is -2.43. The number of hydrogen-bond donors (Lipinski definition) is 2. The topological polar surface area (TPSA) is 76.1 Å². The van der Waals surface area contributed by atoms with Crippen molar-refractivity contribution in [2.75, 3.05) is 20.2 Å². The van der Waals surface area contributed by atoms with Crippen LogP contribution in [0, 0.1) is 0 Å². The second-order valence-electron chi connectivity index (χ2n) is 5.02. The highest BCUT2D eigenvalue weighted by molar-refractivity contribution is 5.78. The molecule has 2 aromatic rings. The molecule has 0 radical (unpaired) electrons. The minimum atomic E-state index is -0.357. The molecular formula is C14H17N3O3. The van der Waals surface area contributed by atoms with Crippen LogP contribution in [0.25, 0.3) is 10.9 Å². The van der Waals surface area contributed by atoms with Crippen molar-refractivity contribution >= 4 is 10.9 Å². The van der Waals surface area contributed by atoms with Gasteiger partial charge >= 0.3 is 5.69 Å². The van der Waals surface area contributed by atoms with Crippen molar-refractivity contribution in [2.45, 2.75) is 18.9 Å². The average Bonchev–Trinajstić information content (AvgIpc) is 2.47. The zero-order chi connectivity index (χ0) is 14.1. The van der Waals surface area contributed by atoms with Crippen LogP contribution >= 0.6 is 0 Å². The standard InChI is InChI=1S/C14H17N3O3/c1-20-10-4-5-11-12(7-10)16-14(19)17(13(11)18)9-3-2-6-15-8-9/h4-5,7,9,15H,2-3,6,8H2,1H3,(H,16,19). The second kappa shape index (κ2) is 5.13. The normalized spacial score (nSPS) is 19.1. The SMILES string of the molecule is COc1ccc2c(=O)n(C3CCCNC3)c(=O)[nH]c2c1. The second-order valence-corrected chi connectivity index (χ2v) is 5.02. The maximum atomic E-state index is 12.5. The van der Waals surface area contributed by atoms with Gasteiger partial charge in [-0.05, 0) is 31.5 Å². The van der Waals surface area contributed by atoms with Crippen LogP contribution in [-0.4, -0.2) is 29.8 Å². The van der Waals surface area contributed by atoms with E-state index in [0.717, 1.165) is 19.4 Å². The van der Waals surface area contributed by atoms with E-state index < -0.39 is 0 Å². The van der Waals surface area contributed by atoms with E-state index in [2.05, 4.69) is 10.3 Å². The van der Waals surface area contributed by atoms with E-state index in [1.54, 1.807) is 25.3 Å². The largest absolute Gasteiger partial charge is 0.497 e. The van der Waals surface area contributed by atoms with E-state index in [1.807, 2.05) is 0 Å². The predicted octanol–water partition coefficient (Wildman–Crippen LogP) is 0.623. The molecule has 2 N–H and O–H groups in total. The van der Waals surface area contributed by atoms with Crippen molar-refractivity contribution in [1.82, 2.24) is 14.9 Å². The summed E-state index contributed by atoms with van der Waals surface area (Å²) in [5, 5.41) is 3.73. The molecule has 0 bridgehead atoms. The molecule has 1 aromatic carbocycles. The number of ether oxygens (including phenoxy) is 1. The van der Waals surface area contributed by atoms with E-state index in [4.69, 9.17) is 4.74 Å². The molecule has 1 aliphatic heterocycles. The molecule has 0 aliphatic carbocycles. The van der Waals surface area contributed by atoms with Gasteiger partial charge in [-0.25, -0.2) is 4.79 Å². The lowest BCUT2D eigenvalue weighted by atomic mass is 10.1. The number of nitrogens with zero attached hydrogens (tertiary/aromatic N) is 1. The molecule has 2 heterocycles. The van der Waals surface area contributed by atoms with Crippen LogP contribution in [0.5, 0.6) is 5.75 Å². The smallest absolute Gasteiger partial charge is 0.329 e. The number of methoxy groups -OCH3 is 1. The molecule has 6 nitrogen and oxygen atoms in total. The lowest BCUT2D eigenvalue weighted by Gasteiger charge is -2.24. The van der Waals surface area contributed by atoms with E-state index >= 15 is 0 Å². The molecule has 0 spiro atoms. The van der Waals surface area contributed by atoms with Crippen LogP contribution in [0.1, 0.15) is 18.9 Å². The van der Waals surface area contributed by atoms with Gasteiger partial charge < -0.3 is 15.0 Å². The first-order valence-electron chi connectivity index (χ1n) is 6.74. The number of hydrogen-bond acceptors (Lipinski definition) is 4. The van der Waals surface area contributed by atoms with Crippen molar-refractivity contribution < 1.29 is 4.74 Å². The Labute approximate surface area is 115 Å². The number of aromatic nitrogens is 2. The van der Waals surface area contributed by atoms with E-state index in [-0.39, 0.29) is 17.3 Å². The van der Waals surface area contributed by atoms with Gasteiger partial charge in [0.05, 0.1) is 24.1 Å². The average molecular weight is 275 g/mol. The Morgan fingerprint density at radius 3 is 2.90 bits per heavy atom. The first-order chi connectivity index (χ1) is 9.70. The molecule has 0 saturated carbocycles. The van der Waals surface area contributed by atoms with Gasteiger partial charge in [-0.1, -0.05) is 0 Å². The highest BCUT2D eigenvalue weighted by Crippen LogP contribution is 2.17.